The predicted molar refractivity (Wildman–Crippen MR) is 77.8 cm³/mol. The third-order valence-electron chi connectivity index (χ3n) is 3.59. The van der Waals surface area contributed by atoms with Crippen LogP contribution in [0.15, 0.2) is 22.7 Å². The highest BCUT2D eigenvalue weighted by Crippen LogP contribution is 2.36. The molecule has 0 N–H and O–H groups in total. The summed E-state index contributed by atoms with van der Waals surface area (Å²) in [5.41, 5.74) is -0.807. The standard InChI is InChI=1S/C15H16F3N3O4/c1-2-24-14(5-7-22-8-14)13-21-20-12(25-13)11-10(4-3-6-19-11)23-9-15(16,17)18/h3-4,6H,2,5,7-9H2,1H3. The van der Waals surface area contributed by atoms with E-state index in [1.54, 1.807) is 0 Å². The maximum absolute atomic E-state index is 12.4. The zero-order valence-electron chi connectivity index (χ0n) is 13.4. The molecule has 1 aliphatic rings. The number of ether oxygens (including phenoxy) is 3. The summed E-state index contributed by atoms with van der Waals surface area (Å²) in [6, 6.07) is 2.81. The maximum Gasteiger partial charge on any atom is 0.422 e. The second kappa shape index (κ2) is 6.96. The van der Waals surface area contributed by atoms with Crippen LogP contribution in [0.25, 0.3) is 11.6 Å². The van der Waals surface area contributed by atoms with Crippen LogP contribution >= 0.6 is 0 Å². The SMILES string of the molecule is CCOC1(c2nnc(-c3ncccc3OCC(F)(F)F)o2)CCOC1. The topological polar surface area (TPSA) is 79.5 Å². The van der Waals surface area contributed by atoms with Gasteiger partial charge < -0.3 is 18.6 Å². The molecule has 0 spiro atoms. The molecule has 10 heteroatoms. The molecule has 0 amide bonds. The molecule has 1 aliphatic heterocycles. The van der Waals surface area contributed by atoms with Crippen LogP contribution in [-0.4, -0.2) is 47.8 Å². The molecule has 2 aromatic rings. The van der Waals surface area contributed by atoms with Crippen molar-refractivity contribution in [3.63, 3.8) is 0 Å². The van der Waals surface area contributed by atoms with E-state index in [1.807, 2.05) is 6.92 Å². The molecule has 3 heterocycles. The molecule has 3 rings (SSSR count). The van der Waals surface area contributed by atoms with E-state index in [4.69, 9.17) is 18.6 Å². The average molecular weight is 359 g/mol. The normalized spacial score (nSPS) is 20.8. The number of hydrogen-bond donors (Lipinski definition) is 0. The van der Waals surface area contributed by atoms with Crippen LogP contribution < -0.4 is 4.74 Å². The van der Waals surface area contributed by atoms with Crippen LogP contribution in [0, 0.1) is 0 Å². The van der Waals surface area contributed by atoms with E-state index in [1.165, 1.54) is 18.3 Å². The first kappa shape index (κ1) is 17.6. The van der Waals surface area contributed by atoms with Gasteiger partial charge in [0.2, 0.25) is 0 Å². The number of aromatic nitrogens is 3. The van der Waals surface area contributed by atoms with Crippen molar-refractivity contribution in [1.29, 1.82) is 0 Å². The summed E-state index contributed by atoms with van der Waals surface area (Å²) >= 11 is 0. The van der Waals surface area contributed by atoms with Gasteiger partial charge >= 0.3 is 6.18 Å². The zero-order valence-corrected chi connectivity index (χ0v) is 13.4. The Morgan fingerprint density at radius 3 is 2.84 bits per heavy atom. The van der Waals surface area contributed by atoms with Crippen LogP contribution in [-0.2, 0) is 15.1 Å². The van der Waals surface area contributed by atoms with Gasteiger partial charge in [0.25, 0.3) is 11.8 Å². The quantitative estimate of drug-likeness (QED) is 0.784. The van der Waals surface area contributed by atoms with E-state index in [2.05, 4.69) is 15.2 Å². The summed E-state index contributed by atoms with van der Waals surface area (Å²) in [6.07, 6.45) is -2.52. The lowest BCUT2D eigenvalue weighted by atomic mass is 10.0. The highest BCUT2D eigenvalue weighted by molar-refractivity contribution is 5.56. The first-order valence-electron chi connectivity index (χ1n) is 7.64. The van der Waals surface area contributed by atoms with Gasteiger partial charge in [-0.05, 0) is 19.1 Å². The van der Waals surface area contributed by atoms with Gasteiger partial charge in [-0.1, -0.05) is 0 Å². The van der Waals surface area contributed by atoms with Crippen LogP contribution in [0.4, 0.5) is 13.2 Å². The molecule has 136 valence electrons. The van der Waals surface area contributed by atoms with Gasteiger partial charge in [-0.15, -0.1) is 10.2 Å². The molecular weight excluding hydrogens is 343 g/mol. The number of alkyl halides is 3. The predicted octanol–water partition coefficient (Wildman–Crippen LogP) is 2.72. The number of halogens is 3. The molecule has 1 atom stereocenters. The third kappa shape index (κ3) is 3.90. The van der Waals surface area contributed by atoms with E-state index in [-0.39, 0.29) is 29.8 Å². The van der Waals surface area contributed by atoms with Gasteiger partial charge in [0.15, 0.2) is 23.7 Å². The molecule has 0 radical (unpaired) electrons. The second-order valence-corrected chi connectivity index (χ2v) is 5.40. The molecule has 0 aromatic carbocycles. The lowest BCUT2D eigenvalue weighted by Gasteiger charge is -2.22. The molecule has 0 aliphatic carbocycles. The molecule has 25 heavy (non-hydrogen) atoms. The minimum atomic E-state index is -4.46. The van der Waals surface area contributed by atoms with Crippen LogP contribution in [0.1, 0.15) is 19.2 Å². The Hall–Kier alpha value is -2.20. The van der Waals surface area contributed by atoms with E-state index < -0.39 is 18.4 Å². The van der Waals surface area contributed by atoms with Gasteiger partial charge in [-0.3, -0.25) is 0 Å². The first-order chi connectivity index (χ1) is 11.9. The minimum absolute atomic E-state index is 0.0380. The lowest BCUT2D eigenvalue weighted by molar-refractivity contribution is -0.153. The van der Waals surface area contributed by atoms with Crippen molar-refractivity contribution in [2.24, 2.45) is 0 Å². The molecule has 0 bridgehead atoms. The maximum atomic E-state index is 12.4. The number of hydrogen-bond acceptors (Lipinski definition) is 7. The minimum Gasteiger partial charge on any atom is -0.482 e. The van der Waals surface area contributed by atoms with Crippen molar-refractivity contribution in [3.8, 4) is 17.3 Å². The summed E-state index contributed by atoms with van der Waals surface area (Å²) in [5.74, 6) is 0.0659. The van der Waals surface area contributed by atoms with E-state index in [0.29, 0.717) is 19.6 Å². The molecule has 1 fully saturated rings. The van der Waals surface area contributed by atoms with Crippen molar-refractivity contribution < 1.29 is 31.8 Å². The molecule has 0 saturated carbocycles. The van der Waals surface area contributed by atoms with Crippen molar-refractivity contribution in [3.05, 3.63) is 24.2 Å². The van der Waals surface area contributed by atoms with Crippen LogP contribution in [0.5, 0.6) is 5.75 Å². The zero-order chi connectivity index (χ0) is 17.9. The number of pyridine rings is 1. The summed E-state index contributed by atoms with van der Waals surface area (Å²) in [4.78, 5) is 4.00. The highest BCUT2D eigenvalue weighted by atomic mass is 19.4. The summed E-state index contributed by atoms with van der Waals surface area (Å²) in [7, 11) is 0. The largest absolute Gasteiger partial charge is 0.482 e. The summed E-state index contributed by atoms with van der Waals surface area (Å²) in [5, 5.41) is 7.86. The van der Waals surface area contributed by atoms with Crippen molar-refractivity contribution in [2.75, 3.05) is 26.4 Å². The van der Waals surface area contributed by atoms with Gasteiger partial charge in [0.05, 0.1) is 13.2 Å². The fraction of sp³-hybridized carbons (Fsp3) is 0.533. The fourth-order valence-corrected chi connectivity index (χ4v) is 2.50. The Morgan fingerprint density at radius 2 is 2.16 bits per heavy atom. The third-order valence-corrected chi connectivity index (χ3v) is 3.59. The van der Waals surface area contributed by atoms with Crippen LogP contribution in [0.3, 0.4) is 0 Å². The number of rotatable bonds is 6. The summed E-state index contributed by atoms with van der Waals surface area (Å²) in [6.45, 7) is 1.57. The molecule has 2 aromatic heterocycles. The molecule has 7 nitrogen and oxygen atoms in total. The van der Waals surface area contributed by atoms with Gasteiger partial charge in [0.1, 0.15) is 0 Å². The number of nitrogens with zero attached hydrogens (tertiary/aromatic N) is 3. The smallest absolute Gasteiger partial charge is 0.422 e. The lowest BCUT2D eigenvalue weighted by Crippen LogP contribution is -2.30. The molecular formula is C15H16F3N3O4. The van der Waals surface area contributed by atoms with Crippen molar-refractivity contribution in [1.82, 2.24) is 15.2 Å². The average Bonchev–Trinajstić information content (AvgIpc) is 3.23. The van der Waals surface area contributed by atoms with Crippen molar-refractivity contribution >= 4 is 0 Å². The van der Waals surface area contributed by atoms with E-state index in [9.17, 15) is 13.2 Å². The Kier molecular flexibility index (Phi) is 4.91. The Morgan fingerprint density at radius 1 is 1.32 bits per heavy atom. The van der Waals surface area contributed by atoms with Gasteiger partial charge in [-0.2, -0.15) is 13.2 Å². The summed E-state index contributed by atoms with van der Waals surface area (Å²) < 4.78 is 58.7. The Bertz CT molecular complexity index is 714. The highest BCUT2D eigenvalue weighted by Gasteiger charge is 2.43. The van der Waals surface area contributed by atoms with E-state index >= 15 is 0 Å². The molecule has 1 saturated heterocycles. The van der Waals surface area contributed by atoms with Crippen LogP contribution in [0.2, 0.25) is 0 Å². The monoisotopic (exact) mass is 359 g/mol. The second-order valence-electron chi connectivity index (χ2n) is 5.40. The Balaban J connectivity index is 1.87. The Labute approximate surface area is 141 Å². The van der Waals surface area contributed by atoms with Gasteiger partial charge in [0, 0.05) is 19.2 Å². The first-order valence-corrected chi connectivity index (χ1v) is 7.64. The van der Waals surface area contributed by atoms with Gasteiger partial charge in [-0.25, -0.2) is 4.98 Å². The van der Waals surface area contributed by atoms with E-state index in [0.717, 1.165) is 0 Å². The fourth-order valence-electron chi connectivity index (χ4n) is 2.50. The molecule has 1 unspecified atom stereocenters. The van der Waals surface area contributed by atoms with Crippen molar-refractivity contribution in [2.45, 2.75) is 25.1 Å².